The molecule has 27 heavy (non-hydrogen) atoms. The van der Waals surface area contributed by atoms with E-state index in [2.05, 4.69) is 16.3 Å². The SMILES string of the molecule is Cc1cc(C)c(C)c(S(=O)(=O)N2CCCC2c2nnc3ccccn23)c1C. The monoisotopic (exact) mass is 384 g/mol. The highest BCUT2D eigenvalue weighted by Gasteiger charge is 2.40. The van der Waals surface area contributed by atoms with Crippen molar-refractivity contribution in [3.8, 4) is 0 Å². The van der Waals surface area contributed by atoms with Crippen LogP contribution in [-0.2, 0) is 10.0 Å². The largest absolute Gasteiger partial charge is 0.285 e. The summed E-state index contributed by atoms with van der Waals surface area (Å²) >= 11 is 0. The van der Waals surface area contributed by atoms with E-state index in [1.54, 1.807) is 4.31 Å². The molecule has 0 amide bonds. The maximum Gasteiger partial charge on any atom is 0.244 e. The number of pyridine rings is 1. The first-order valence-corrected chi connectivity index (χ1v) is 10.7. The van der Waals surface area contributed by atoms with Crippen LogP contribution in [0.15, 0.2) is 35.4 Å². The first-order chi connectivity index (χ1) is 12.8. The molecule has 1 unspecified atom stereocenters. The van der Waals surface area contributed by atoms with Gasteiger partial charge in [0.2, 0.25) is 10.0 Å². The number of benzene rings is 1. The quantitative estimate of drug-likeness (QED) is 0.693. The normalized spacial score (nSPS) is 18.4. The molecular weight excluding hydrogens is 360 g/mol. The molecule has 0 aliphatic carbocycles. The average molecular weight is 385 g/mol. The highest BCUT2D eigenvalue weighted by molar-refractivity contribution is 7.89. The summed E-state index contributed by atoms with van der Waals surface area (Å²) in [6.07, 6.45) is 3.45. The fourth-order valence-corrected chi connectivity index (χ4v) is 6.29. The molecule has 2 aromatic heterocycles. The minimum atomic E-state index is -3.64. The number of fused-ring (bicyclic) bond motifs is 1. The van der Waals surface area contributed by atoms with E-state index in [0.717, 1.165) is 40.7 Å². The van der Waals surface area contributed by atoms with Gasteiger partial charge in [-0.25, -0.2) is 8.42 Å². The zero-order valence-corrected chi connectivity index (χ0v) is 16.9. The van der Waals surface area contributed by atoms with Crippen molar-refractivity contribution in [2.45, 2.75) is 51.5 Å². The van der Waals surface area contributed by atoms with Crippen LogP contribution in [-0.4, -0.2) is 33.9 Å². The van der Waals surface area contributed by atoms with Gasteiger partial charge in [0.05, 0.1) is 10.9 Å². The van der Waals surface area contributed by atoms with E-state index >= 15 is 0 Å². The Morgan fingerprint density at radius 1 is 1.04 bits per heavy atom. The molecule has 6 nitrogen and oxygen atoms in total. The lowest BCUT2D eigenvalue weighted by Gasteiger charge is -2.26. The van der Waals surface area contributed by atoms with Crippen LogP contribution in [0.1, 0.15) is 47.0 Å². The second-order valence-electron chi connectivity index (χ2n) is 7.35. The molecule has 3 heterocycles. The molecule has 0 spiro atoms. The van der Waals surface area contributed by atoms with Gasteiger partial charge in [-0.1, -0.05) is 12.1 Å². The number of sulfonamides is 1. The van der Waals surface area contributed by atoms with Crippen LogP contribution in [0.4, 0.5) is 0 Å². The summed E-state index contributed by atoms with van der Waals surface area (Å²) in [5, 5.41) is 8.53. The van der Waals surface area contributed by atoms with Crippen LogP contribution in [0, 0.1) is 27.7 Å². The van der Waals surface area contributed by atoms with Crippen molar-refractivity contribution in [3.63, 3.8) is 0 Å². The molecule has 1 saturated heterocycles. The van der Waals surface area contributed by atoms with Crippen LogP contribution in [0.2, 0.25) is 0 Å². The molecule has 142 valence electrons. The van der Waals surface area contributed by atoms with E-state index in [4.69, 9.17) is 0 Å². The van der Waals surface area contributed by atoms with Crippen molar-refractivity contribution < 1.29 is 8.42 Å². The Labute approximate surface area is 159 Å². The Balaban J connectivity index is 1.85. The van der Waals surface area contributed by atoms with Crippen LogP contribution in [0.5, 0.6) is 0 Å². The molecule has 4 rings (SSSR count). The molecule has 0 bridgehead atoms. The van der Waals surface area contributed by atoms with E-state index in [1.165, 1.54) is 0 Å². The summed E-state index contributed by atoms with van der Waals surface area (Å²) < 4.78 is 30.9. The predicted octanol–water partition coefficient (Wildman–Crippen LogP) is 3.49. The van der Waals surface area contributed by atoms with E-state index in [1.807, 2.05) is 56.5 Å². The first kappa shape index (κ1) is 18.1. The third kappa shape index (κ3) is 2.76. The molecule has 1 aliphatic rings. The van der Waals surface area contributed by atoms with Gasteiger partial charge in [-0.15, -0.1) is 10.2 Å². The van der Waals surface area contributed by atoms with Crippen molar-refractivity contribution in [1.29, 1.82) is 0 Å². The Morgan fingerprint density at radius 3 is 2.44 bits per heavy atom. The molecule has 7 heteroatoms. The Morgan fingerprint density at radius 2 is 1.74 bits per heavy atom. The summed E-state index contributed by atoms with van der Waals surface area (Å²) in [6.45, 7) is 8.22. The Hall–Kier alpha value is -2.25. The minimum Gasteiger partial charge on any atom is -0.285 e. The molecule has 1 fully saturated rings. The van der Waals surface area contributed by atoms with E-state index in [-0.39, 0.29) is 6.04 Å². The highest BCUT2D eigenvalue weighted by Crippen LogP contribution is 2.38. The molecular formula is C20H24N4O2S. The molecule has 1 aromatic carbocycles. The molecule has 0 radical (unpaired) electrons. The van der Waals surface area contributed by atoms with E-state index in [0.29, 0.717) is 17.3 Å². The highest BCUT2D eigenvalue weighted by atomic mass is 32.2. The zero-order valence-electron chi connectivity index (χ0n) is 16.1. The van der Waals surface area contributed by atoms with Crippen LogP contribution >= 0.6 is 0 Å². The van der Waals surface area contributed by atoms with Crippen molar-refractivity contribution in [2.75, 3.05) is 6.54 Å². The maximum atomic E-state index is 13.7. The fourth-order valence-electron chi connectivity index (χ4n) is 4.06. The summed E-state index contributed by atoms with van der Waals surface area (Å²) in [5.74, 6) is 0.686. The molecule has 3 aromatic rings. The number of hydrogen-bond donors (Lipinski definition) is 0. The third-order valence-electron chi connectivity index (χ3n) is 5.71. The summed E-state index contributed by atoms with van der Waals surface area (Å²) in [4.78, 5) is 0.445. The molecule has 0 N–H and O–H groups in total. The van der Waals surface area contributed by atoms with Crippen LogP contribution < -0.4 is 0 Å². The lowest BCUT2D eigenvalue weighted by atomic mass is 10.0. The Bertz CT molecular complexity index is 1110. The first-order valence-electron chi connectivity index (χ1n) is 9.21. The lowest BCUT2D eigenvalue weighted by Crippen LogP contribution is -2.33. The number of aryl methyl sites for hydroxylation is 2. The van der Waals surface area contributed by atoms with Crippen molar-refractivity contribution >= 4 is 15.7 Å². The second kappa shape index (κ2) is 6.42. The summed E-state index contributed by atoms with van der Waals surface area (Å²) in [7, 11) is -3.64. The van der Waals surface area contributed by atoms with Crippen molar-refractivity contribution in [3.05, 3.63) is 58.5 Å². The van der Waals surface area contributed by atoms with Crippen molar-refractivity contribution in [1.82, 2.24) is 18.9 Å². The number of aromatic nitrogens is 3. The fraction of sp³-hybridized carbons (Fsp3) is 0.400. The van der Waals surface area contributed by atoms with Gasteiger partial charge in [0.15, 0.2) is 11.5 Å². The number of nitrogens with zero attached hydrogens (tertiary/aromatic N) is 4. The maximum absolute atomic E-state index is 13.7. The van der Waals surface area contributed by atoms with Gasteiger partial charge in [-0.3, -0.25) is 4.40 Å². The predicted molar refractivity (Wildman–Crippen MR) is 104 cm³/mol. The summed E-state index contributed by atoms with van der Waals surface area (Å²) in [6, 6.07) is 7.44. The van der Waals surface area contributed by atoms with E-state index < -0.39 is 10.0 Å². The topological polar surface area (TPSA) is 67.6 Å². The van der Waals surface area contributed by atoms with Crippen LogP contribution in [0.25, 0.3) is 5.65 Å². The van der Waals surface area contributed by atoms with Gasteiger partial charge < -0.3 is 0 Å². The van der Waals surface area contributed by atoms with Gasteiger partial charge in [-0.2, -0.15) is 4.31 Å². The van der Waals surface area contributed by atoms with Crippen LogP contribution in [0.3, 0.4) is 0 Å². The van der Waals surface area contributed by atoms with Gasteiger partial charge in [-0.05, 0) is 74.9 Å². The van der Waals surface area contributed by atoms with Gasteiger partial charge in [0.1, 0.15) is 0 Å². The number of rotatable bonds is 3. The molecule has 1 aliphatic heterocycles. The average Bonchev–Trinajstić information content (AvgIpc) is 3.26. The molecule has 0 saturated carbocycles. The second-order valence-corrected chi connectivity index (χ2v) is 9.18. The van der Waals surface area contributed by atoms with Crippen molar-refractivity contribution in [2.24, 2.45) is 0 Å². The lowest BCUT2D eigenvalue weighted by molar-refractivity contribution is 0.381. The Kier molecular flexibility index (Phi) is 4.31. The van der Waals surface area contributed by atoms with E-state index in [9.17, 15) is 8.42 Å². The summed E-state index contributed by atoms with van der Waals surface area (Å²) in [5.41, 5.74) is 4.39. The smallest absolute Gasteiger partial charge is 0.244 e. The standard InChI is InChI=1S/C20H24N4O2S/c1-13-12-14(2)16(4)19(15(13)3)27(25,26)24-11-7-8-17(24)20-22-21-18-9-5-6-10-23(18)20/h5-6,9-10,12,17H,7-8,11H2,1-4H3. The minimum absolute atomic E-state index is 0.299. The van der Waals surface area contributed by atoms with Gasteiger partial charge in [0.25, 0.3) is 0 Å². The van der Waals surface area contributed by atoms with Gasteiger partial charge in [0, 0.05) is 12.7 Å². The number of hydrogen-bond acceptors (Lipinski definition) is 4. The molecule has 1 atom stereocenters. The third-order valence-corrected chi connectivity index (χ3v) is 7.89. The van der Waals surface area contributed by atoms with Gasteiger partial charge >= 0.3 is 0 Å². The zero-order chi connectivity index (χ0) is 19.3.